The van der Waals surface area contributed by atoms with Crippen molar-refractivity contribution < 1.29 is 19.0 Å². The number of carbonyl (C=O) groups is 1. The van der Waals surface area contributed by atoms with E-state index in [9.17, 15) is 19.1 Å². The van der Waals surface area contributed by atoms with Crippen LogP contribution in [0.5, 0.6) is 5.75 Å². The molecule has 1 aromatic carbocycles. The molecule has 0 amide bonds. The van der Waals surface area contributed by atoms with Crippen LogP contribution in [0.3, 0.4) is 0 Å². The molecule has 2 aromatic rings. The van der Waals surface area contributed by atoms with Crippen LogP contribution in [0.4, 0.5) is 4.39 Å². The molecule has 8 heteroatoms. The first-order valence-electron chi connectivity index (χ1n) is 7.11. The molecule has 0 spiro atoms. The van der Waals surface area contributed by atoms with Gasteiger partial charge in [-0.05, 0) is 64.0 Å². The number of aromatic hydroxyl groups is 1. The summed E-state index contributed by atoms with van der Waals surface area (Å²) < 4.78 is 20.5. The molecule has 0 saturated heterocycles. The number of hydrogen-bond donors (Lipinski definition) is 1. The van der Waals surface area contributed by atoms with Gasteiger partial charge >= 0.3 is 5.97 Å². The number of ether oxygens (including phenoxy) is 1. The number of rotatable bonds is 4. The van der Waals surface area contributed by atoms with Crippen LogP contribution in [0, 0.1) is 9.39 Å². The number of esters is 1. The maximum absolute atomic E-state index is 13.7. The van der Waals surface area contributed by atoms with Gasteiger partial charge in [0.2, 0.25) is 0 Å². The summed E-state index contributed by atoms with van der Waals surface area (Å²) in [4.78, 5) is 24.7. The Morgan fingerprint density at radius 2 is 2.08 bits per heavy atom. The zero-order valence-electron chi connectivity index (χ0n) is 12.9. The normalized spacial score (nSPS) is 10.7. The van der Waals surface area contributed by atoms with E-state index in [1.165, 1.54) is 22.9 Å². The largest absolute Gasteiger partial charge is 0.506 e. The van der Waals surface area contributed by atoms with Gasteiger partial charge in [-0.2, -0.15) is 0 Å². The highest BCUT2D eigenvalue weighted by Gasteiger charge is 2.22. The predicted molar refractivity (Wildman–Crippen MR) is 99.4 cm³/mol. The molecule has 0 atom stereocenters. The van der Waals surface area contributed by atoms with E-state index in [1.807, 2.05) is 22.6 Å². The molecule has 24 heavy (non-hydrogen) atoms. The Morgan fingerprint density at radius 1 is 1.42 bits per heavy atom. The van der Waals surface area contributed by atoms with Gasteiger partial charge in [-0.3, -0.25) is 9.36 Å². The fourth-order valence-corrected chi connectivity index (χ4v) is 3.17. The maximum Gasteiger partial charge on any atom is 0.343 e. The average Bonchev–Trinajstić information content (AvgIpc) is 2.52. The molecular weight excluding hydrogens is 496 g/mol. The molecule has 0 aliphatic heterocycles. The van der Waals surface area contributed by atoms with Gasteiger partial charge in [-0.25, -0.2) is 9.18 Å². The van der Waals surface area contributed by atoms with Gasteiger partial charge in [-0.15, -0.1) is 0 Å². The van der Waals surface area contributed by atoms with Gasteiger partial charge < -0.3 is 9.84 Å². The number of halogens is 3. The molecule has 2 rings (SSSR count). The number of pyridine rings is 1. The minimum Gasteiger partial charge on any atom is -0.506 e. The Labute approximate surface area is 159 Å². The van der Waals surface area contributed by atoms with Crippen LogP contribution in [-0.2, 0) is 11.2 Å². The minimum absolute atomic E-state index is 0.0896. The molecule has 0 fully saturated rings. The minimum atomic E-state index is -0.730. The number of aromatic nitrogens is 1. The molecule has 0 saturated carbocycles. The van der Waals surface area contributed by atoms with Crippen molar-refractivity contribution >= 4 is 44.5 Å². The Morgan fingerprint density at radius 3 is 2.67 bits per heavy atom. The van der Waals surface area contributed by atoms with Crippen LogP contribution in [0.25, 0.3) is 5.69 Å². The van der Waals surface area contributed by atoms with Crippen LogP contribution in [0.15, 0.2) is 27.6 Å². The third-order valence-electron chi connectivity index (χ3n) is 3.37. The molecule has 0 aliphatic rings. The molecule has 1 N–H and O–H groups in total. The van der Waals surface area contributed by atoms with Gasteiger partial charge in [0, 0.05) is 10.7 Å². The van der Waals surface area contributed by atoms with E-state index in [0.29, 0.717) is 13.7 Å². The average molecular weight is 510 g/mol. The van der Waals surface area contributed by atoms with Gasteiger partial charge in [0.25, 0.3) is 5.56 Å². The van der Waals surface area contributed by atoms with Gasteiger partial charge in [0.1, 0.15) is 17.1 Å². The number of carbonyl (C=O) groups excluding carboxylic acids is 1. The fraction of sp³-hybridized carbons (Fsp3) is 0.250. The third kappa shape index (κ3) is 3.49. The second kappa shape index (κ2) is 7.64. The molecule has 1 heterocycles. The van der Waals surface area contributed by atoms with Gasteiger partial charge in [-0.1, -0.05) is 6.92 Å². The molecule has 5 nitrogen and oxygen atoms in total. The number of hydrogen-bond acceptors (Lipinski definition) is 4. The lowest BCUT2D eigenvalue weighted by atomic mass is 10.1. The van der Waals surface area contributed by atoms with Crippen molar-refractivity contribution in [3.8, 4) is 11.4 Å². The zero-order valence-corrected chi connectivity index (χ0v) is 16.6. The first-order chi connectivity index (χ1) is 11.3. The SMILES string of the molecule is CCOC(=O)c1cn(-c2cc(I)c(F)cc2Br)c(=O)c(CC)c1O. The van der Waals surface area contributed by atoms with Crippen molar-refractivity contribution in [3.05, 3.63) is 53.7 Å². The van der Waals surface area contributed by atoms with Gasteiger partial charge in [0.05, 0.1) is 21.4 Å². The van der Waals surface area contributed by atoms with E-state index < -0.39 is 17.3 Å². The number of nitrogens with zero attached hydrogens (tertiary/aromatic N) is 1. The third-order valence-corrected chi connectivity index (χ3v) is 4.84. The van der Waals surface area contributed by atoms with Crippen molar-refractivity contribution in [1.82, 2.24) is 4.57 Å². The summed E-state index contributed by atoms with van der Waals surface area (Å²) in [5.74, 6) is -1.55. The van der Waals surface area contributed by atoms with E-state index >= 15 is 0 Å². The molecule has 128 valence electrons. The van der Waals surface area contributed by atoms with E-state index in [-0.39, 0.29) is 29.9 Å². The Kier molecular flexibility index (Phi) is 6.02. The summed E-state index contributed by atoms with van der Waals surface area (Å²) >= 11 is 5.04. The maximum atomic E-state index is 13.7. The summed E-state index contributed by atoms with van der Waals surface area (Å²) in [6.45, 7) is 3.47. The van der Waals surface area contributed by atoms with Crippen LogP contribution < -0.4 is 5.56 Å². The molecule has 0 radical (unpaired) electrons. The zero-order chi connectivity index (χ0) is 18.0. The lowest BCUT2D eigenvalue weighted by molar-refractivity contribution is 0.0522. The molecule has 0 unspecified atom stereocenters. The van der Waals surface area contributed by atoms with Crippen molar-refractivity contribution in [1.29, 1.82) is 0 Å². The summed E-state index contributed by atoms with van der Waals surface area (Å²) in [5.41, 5.74) is -0.136. The van der Waals surface area contributed by atoms with Crippen molar-refractivity contribution in [2.45, 2.75) is 20.3 Å². The quantitative estimate of drug-likeness (QED) is 0.387. The summed E-state index contributed by atoms with van der Waals surface area (Å²) in [6.07, 6.45) is 1.44. The molecule has 0 aliphatic carbocycles. The highest BCUT2D eigenvalue weighted by molar-refractivity contribution is 14.1. The first-order valence-corrected chi connectivity index (χ1v) is 8.98. The Bertz CT molecular complexity index is 866. The molecule has 1 aromatic heterocycles. The highest BCUT2D eigenvalue weighted by Crippen LogP contribution is 2.28. The highest BCUT2D eigenvalue weighted by atomic mass is 127. The Balaban J connectivity index is 2.80. The number of benzene rings is 1. The summed E-state index contributed by atoms with van der Waals surface area (Å²) in [5, 5.41) is 10.2. The fourth-order valence-electron chi connectivity index (χ4n) is 2.21. The van der Waals surface area contributed by atoms with Crippen LogP contribution in [-0.4, -0.2) is 22.2 Å². The van der Waals surface area contributed by atoms with E-state index in [1.54, 1.807) is 13.8 Å². The predicted octanol–water partition coefficient (Wildman–Crippen LogP) is 3.79. The van der Waals surface area contributed by atoms with Gasteiger partial charge in [0.15, 0.2) is 0 Å². The van der Waals surface area contributed by atoms with Crippen LogP contribution >= 0.6 is 38.5 Å². The summed E-state index contributed by atoms with van der Waals surface area (Å²) in [6, 6.07) is 2.72. The van der Waals surface area contributed by atoms with Crippen LogP contribution in [0.2, 0.25) is 0 Å². The second-order valence-electron chi connectivity index (χ2n) is 4.84. The summed E-state index contributed by atoms with van der Waals surface area (Å²) in [7, 11) is 0. The van der Waals surface area contributed by atoms with Crippen LogP contribution in [0.1, 0.15) is 29.8 Å². The monoisotopic (exact) mass is 509 g/mol. The van der Waals surface area contributed by atoms with E-state index in [0.717, 1.165) is 0 Å². The van der Waals surface area contributed by atoms with Crippen molar-refractivity contribution in [2.75, 3.05) is 6.61 Å². The molecular formula is C16H14BrFINO4. The molecule has 0 bridgehead atoms. The smallest absolute Gasteiger partial charge is 0.343 e. The second-order valence-corrected chi connectivity index (χ2v) is 6.85. The first kappa shape index (κ1) is 18.9. The topological polar surface area (TPSA) is 68.5 Å². The van der Waals surface area contributed by atoms with Crippen molar-refractivity contribution in [3.63, 3.8) is 0 Å². The van der Waals surface area contributed by atoms with E-state index in [2.05, 4.69) is 15.9 Å². The lowest BCUT2D eigenvalue weighted by Crippen LogP contribution is -2.25. The van der Waals surface area contributed by atoms with E-state index in [4.69, 9.17) is 4.74 Å². The standard InChI is InChI=1S/C16H14BrFINO4/c1-3-8-14(21)9(16(23)24-4-2)7-20(15(8)22)13-6-12(19)11(18)5-10(13)17/h5-7,21H,3-4H2,1-2H3. The van der Waals surface area contributed by atoms with Crippen molar-refractivity contribution in [2.24, 2.45) is 0 Å². The lowest BCUT2D eigenvalue weighted by Gasteiger charge is -2.15. The Hall–Kier alpha value is -1.42.